The molecule has 0 saturated carbocycles. The molecule has 1 heterocycles. The Morgan fingerprint density at radius 1 is 0.897 bits per heavy atom. The molecule has 2 aromatic carbocycles. The molecule has 29 heavy (non-hydrogen) atoms. The van der Waals surface area contributed by atoms with E-state index < -0.39 is 15.8 Å². The highest BCUT2D eigenvalue weighted by Gasteiger charge is 2.19. The van der Waals surface area contributed by atoms with E-state index >= 15 is 0 Å². The molecule has 6 heteroatoms. The number of hydrogen-bond acceptors (Lipinski definition) is 5. The number of nitrogens with zero attached hydrogens (tertiary/aromatic N) is 1. The van der Waals surface area contributed by atoms with Crippen LogP contribution < -0.4 is 4.90 Å². The molecule has 5 nitrogen and oxygen atoms in total. The van der Waals surface area contributed by atoms with Crippen LogP contribution in [0.3, 0.4) is 0 Å². The Labute approximate surface area is 173 Å². The number of anilines is 1. The second kappa shape index (κ2) is 9.92. The van der Waals surface area contributed by atoms with E-state index in [0.29, 0.717) is 12.2 Å². The van der Waals surface area contributed by atoms with Gasteiger partial charge in [0.15, 0.2) is 0 Å². The predicted molar refractivity (Wildman–Crippen MR) is 114 cm³/mol. The number of unbranched alkanes of at least 4 members (excludes halogenated alkanes) is 1. The Morgan fingerprint density at radius 2 is 1.45 bits per heavy atom. The Kier molecular flexibility index (Phi) is 7.31. The van der Waals surface area contributed by atoms with Gasteiger partial charge in [0.25, 0.3) is 0 Å². The summed E-state index contributed by atoms with van der Waals surface area (Å²) in [5.74, 6) is -0.427. The maximum absolute atomic E-state index is 12.9. The van der Waals surface area contributed by atoms with Crippen LogP contribution in [0.4, 0.5) is 5.69 Å². The first-order chi connectivity index (χ1) is 14.0. The third-order valence-corrected chi connectivity index (χ3v) is 7.04. The molecule has 1 aliphatic rings. The number of carbonyl (C=O) groups excluding carboxylic acids is 1. The highest BCUT2D eigenvalue weighted by molar-refractivity contribution is 7.91. The molecule has 0 bridgehead atoms. The fraction of sp³-hybridized carbons (Fsp3) is 0.435. The molecule has 1 saturated heterocycles. The molecule has 156 valence electrons. The van der Waals surface area contributed by atoms with Gasteiger partial charge in [-0.05, 0) is 67.8 Å². The fourth-order valence-corrected chi connectivity index (χ4v) is 4.72. The average molecular weight is 416 g/mol. The van der Waals surface area contributed by atoms with Gasteiger partial charge >= 0.3 is 5.97 Å². The summed E-state index contributed by atoms with van der Waals surface area (Å²) >= 11 is 0. The Balaban J connectivity index is 1.72. The molecule has 0 atom stereocenters. The van der Waals surface area contributed by atoms with Gasteiger partial charge in [-0.15, -0.1) is 0 Å². The minimum atomic E-state index is -3.63. The Morgan fingerprint density at radius 3 is 2.00 bits per heavy atom. The van der Waals surface area contributed by atoms with Gasteiger partial charge in [-0.3, -0.25) is 0 Å². The van der Waals surface area contributed by atoms with E-state index in [1.807, 2.05) is 19.1 Å². The number of benzene rings is 2. The number of ether oxygens (including phenoxy) is 1. The molecule has 1 aliphatic heterocycles. The molecule has 0 spiro atoms. The minimum absolute atomic E-state index is 0.171. The first kappa shape index (κ1) is 21.4. The first-order valence-corrected chi connectivity index (χ1v) is 11.9. The maximum Gasteiger partial charge on any atom is 0.338 e. The van der Waals surface area contributed by atoms with Crippen LogP contribution in [-0.4, -0.2) is 34.1 Å². The van der Waals surface area contributed by atoms with Crippen molar-refractivity contribution in [3.05, 3.63) is 54.1 Å². The lowest BCUT2D eigenvalue weighted by atomic mass is 10.2. The summed E-state index contributed by atoms with van der Waals surface area (Å²) in [6.07, 6.45) is 6.61. The summed E-state index contributed by atoms with van der Waals surface area (Å²) in [6, 6.07) is 13.1. The number of rotatable bonds is 7. The van der Waals surface area contributed by atoms with Gasteiger partial charge in [0.05, 0.1) is 22.0 Å². The van der Waals surface area contributed by atoms with E-state index in [1.165, 1.54) is 49.9 Å². The summed E-state index contributed by atoms with van der Waals surface area (Å²) in [4.78, 5) is 14.7. The molecule has 0 amide bonds. The minimum Gasteiger partial charge on any atom is -0.462 e. The largest absolute Gasteiger partial charge is 0.462 e. The van der Waals surface area contributed by atoms with Crippen molar-refractivity contribution in [1.82, 2.24) is 0 Å². The van der Waals surface area contributed by atoms with Crippen molar-refractivity contribution in [3.63, 3.8) is 0 Å². The average Bonchev–Trinajstić information content (AvgIpc) is 3.04. The Bertz CT molecular complexity index is 897. The van der Waals surface area contributed by atoms with E-state index in [1.54, 1.807) is 12.1 Å². The van der Waals surface area contributed by atoms with Crippen LogP contribution in [-0.2, 0) is 14.6 Å². The van der Waals surface area contributed by atoms with Crippen molar-refractivity contribution < 1.29 is 17.9 Å². The molecule has 0 radical (unpaired) electrons. The van der Waals surface area contributed by atoms with E-state index in [-0.39, 0.29) is 9.79 Å². The zero-order valence-electron chi connectivity index (χ0n) is 17.0. The zero-order valence-corrected chi connectivity index (χ0v) is 17.8. The van der Waals surface area contributed by atoms with Crippen molar-refractivity contribution in [1.29, 1.82) is 0 Å². The summed E-state index contributed by atoms with van der Waals surface area (Å²) < 4.78 is 31.0. The van der Waals surface area contributed by atoms with Crippen molar-refractivity contribution in [3.8, 4) is 0 Å². The molecule has 1 fully saturated rings. The van der Waals surface area contributed by atoms with Crippen LogP contribution in [0.5, 0.6) is 0 Å². The van der Waals surface area contributed by atoms with Gasteiger partial charge in [-0.2, -0.15) is 0 Å². The lowest BCUT2D eigenvalue weighted by molar-refractivity contribution is 0.0499. The first-order valence-electron chi connectivity index (χ1n) is 10.4. The zero-order chi connectivity index (χ0) is 20.7. The van der Waals surface area contributed by atoms with E-state index in [4.69, 9.17) is 4.74 Å². The molecule has 0 aliphatic carbocycles. The summed E-state index contributed by atoms with van der Waals surface area (Å²) in [5, 5.41) is 0. The molecule has 0 N–H and O–H groups in total. The van der Waals surface area contributed by atoms with E-state index in [2.05, 4.69) is 4.90 Å². The summed E-state index contributed by atoms with van der Waals surface area (Å²) in [5.41, 5.74) is 1.42. The smallest absolute Gasteiger partial charge is 0.338 e. The maximum atomic E-state index is 12.9. The van der Waals surface area contributed by atoms with Crippen molar-refractivity contribution in [2.45, 2.75) is 55.2 Å². The molecular weight excluding hydrogens is 386 g/mol. The molecule has 0 aromatic heterocycles. The Hall–Kier alpha value is -2.34. The number of carbonyl (C=O) groups is 1. The van der Waals surface area contributed by atoms with E-state index in [0.717, 1.165) is 31.6 Å². The topological polar surface area (TPSA) is 63.7 Å². The predicted octanol–water partition coefficient (Wildman–Crippen LogP) is 4.86. The fourth-order valence-electron chi connectivity index (χ4n) is 3.46. The van der Waals surface area contributed by atoms with Crippen molar-refractivity contribution in [2.75, 3.05) is 24.6 Å². The lowest BCUT2D eigenvalue weighted by Crippen LogP contribution is -2.23. The number of sulfone groups is 1. The van der Waals surface area contributed by atoms with Crippen LogP contribution in [0.25, 0.3) is 0 Å². The highest BCUT2D eigenvalue weighted by atomic mass is 32.2. The third kappa shape index (κ3) is 5.38. The number of hydrogen-bond donors (Lipinski definition) is 0. The van der Waals surface area contributed by atoms with Crippen LogP contribution >= 0.6 is 0 Å². The SMILES string of the molecule is CCCCOC(=O)c1ccc(S(=O)(=O)c2ccc(N3CCCCCC3)cc2)cc1. The second-order valence-electron chi connectivity index (χ2n) is 7.41. The van der Waals surface area contributed by atoms with Gasteiger partial charge in [0.1, 0.15) is 0 Å². The quantitative estimate of drug-likeness (QED) is 0.477. The second-order valence-corrected chi connectivity index (χ2v) is 9.36. The van der Waals surface area contributed by atoms with Gasteiger partial charge in [-0.1, -0.05) is 26.2 Å². The van der Waals surface area contributed by atoms with Crippen LogP contribution in [0.15, 0.2) is 58.3 Å². The van der Waals surface area contributed by atoms with Gasteiger partial charge in [0, 0.05) is 18.8 Å². The van der Waals surface area contributed by atoms with Crippen LogP contribution in [0.2, 0.25) is 0 Å². The van der Waals surface area contributed by atoms with Gasteiger partial charge in [-0.25, -0.2) is 13.2 Å². The lowest BCUT2D eigenvalue weighted by Gasteiger charge is -2.22. The third-order valence-electron chi connectivity index (χ3n) is 5.25. The standard InChI is InChI=1S/C23H29NO4S/c1-2-3-18-28-23(25)19-8-12-21(13-9-19)29(26,27)22-14-10-20(11-15-22)24-16-6-4-5-7-17-24/h8-15H,2-7,16-18H2,1H3. The highest BCUT2D eigenvalue weighted by Crippen LogP contribution is 2.25. The molecule has 0 unspecified atom stereocenters. The van der Waals surface area contributed by atoms with Gasteiger partial charge < -0.3 is 9.64 Å². The van der Waals surface area contributed by atoms with Crippen molar-refractivity contribution >= 4 is 21.5 Å². The summed E-state index contributed by atoms with van der Waals surface area (Å²) in [6.45, 7) is 4.43. The molecule has 3 rings (SSSR count). The molecular formula is C23H29NO4S. The summed E-state index contributed by atoms with van der Waals surface area (Å²) in [7, 11) is -3.63. The van der Waals surface area contributed by atoms with Crippen molar-refractivity contribution in [2.24, 2.45) is 0 Å². The van der Waals surface area contributed by atoms with Crippen LogP contribution in [0, 0.1) is 0 Å². The number of esters is 1. The van der Waals surface area contributed by atoms with Crippen LogP contribution in [0.1, 0.15) is 55.8 Å². The normalized spacial score (nSPS) is 15.0. The van der Waals surface area contributed by atoms with E-state index in [9.17, 15) is 13.2 Å². The monoisotopic (exact) mass is 415 g/mol. The van der Waals surface area contributed by atoms with Gasteiger partial charge in [0.2, 0.25) is 9.84 Å². The molecule has 2 aromatic rings.